The molecular formula is C22H38O3Si. The van der Waals surface area contributed by atoms with Gasteiger partial charge in [-0.05, 0) is 43.7 Å². The Hall–Kier alpha value is -1.00. The van der Waals surface area contributed by atoms with Gasteiger partial charge in [-0.2, -0.15) is 0 Å². The van der Waals surface area contributed by atoms with Crippen LogP contribution in [0.2, 0.25) is 19.1 Å². The number of unbranched alkanes of at least 4 members (excludes halogenated alkanes) is 3. The highest BCUT2D eigenvalue weighted by atomic mass is 28.3. The van der Waals surface area contributed by atoms with Crippen LogP contribution in [0.4, 0.5) is 0 Å². The monoisotopic (exact) mass is 378 g/mol. The fourth-order valence-corrected chi connectivity index (χ4v) is 6.70. The van der Waals surface area contributed by atoms with Crippen LogP contribution in [0.3, 0.4) is 0 Å². The molecule has 0 unspecified atom stereocenters. The predicted octanol–water partition coefficient (Wildman–Crippen LogP) is 5.22. The van der Waals surface area contributed by atoms with E-state index in [9.17, 15) is 5.11 Å². The van der Waals surface area contributed by atoms with Crippen LogP contribution < -0.4 is 14.7 Å². The highest BCUT2D eigenvalue weighted by Gasteiger charge is 2.30. The first-order valence-electron chi connectivity index (χ1n) is 10.4. The smallest absolute Gasteiger partial charge is 0.125 e. The van der Waals surface area contributed by atoms with Crippen LogP contribution in [-0.2, 0) is 0 Å². The summed E-state index contributed by atoms with van der Waals surface area (Å²) in [6.45, 7) is 7.19. The molecule has 1 aromatic carbocycles. The van der Waals surface area contributed by atoms with Crippen molar-refractivity contribution >= 4 is 13.3 Å². The third-order valence-electron chi connectivity index (χ3n) is 6.09. The molecule has 0 heterocycles. The van der Waals surface area contributed by atoms with E-state index in [4.69, 9.17) is 9.47 Å². The van der Waals surface area contributed by atoms with Crippen molar-refractivity contribution in [2.75, 3.05) is 14.2 Å². The quantitative estimate of drug-likeness (QED) is 0.473. The molecule has 1 aromatic rings. The van der Waals surface area contributed by atoms with Crippen molar-refractivity contribution in [1.82, 2.24) is 0 Å². The van der Waals surface area contributed by atoms with Gasteiger partial charge in [0.1, 0.15) is 11.5 Å². The number of rotatable bonds is 9. The number of methoxy groups -OCH3 is 2. The minimum absolute atomic E-state index is 0.142. The molecule has 1 fully saturated rings. The van der Waals surface area contributed by atoms with Gasteiger partial charge >= 0.3 is 0 Å². The summed E-state index contributed by atoms with van der Waals surface area (Å²) in [5, 5.41) is 11.3. The number of hydrogen-bond acceptors (Lipinski definition) is 3. The SMILES string of the molecule is CCCCCC[Si](C)(C)c1cc(OC)c(C2CCC(O)CC2)c(OC)c1. The molecule has 0 amide bonds. The van der Waals surface area contributed by atoms with Gasteiger partial charge in [0.15, 0.2) is 0 Å². The minimum Gasteiger partial charge on any atom is -0.496 e. The van der Waals surface area contributed by atoms with E-state index in [1.54, 1.807) is 14.2 Å². The highest BCUT2D eigenvalue weighted by Crippen LogP contribution is 2.42. The Balaban J connectivity index is 2.27. The fourth-order valence-electron chi connectivity index (χ4n) is 4.23. The summed E-state index contributed by atoms with van der Waals surface area (Å²) >= 11 is 0. The maximum Gasteiger partial charge on any atom is 0.125 e. The third-order valence-corrected chi connectivity index (χ3v) is 9.54. The Labute approximate surface area is 161 Å². The maximum atomic E-state index is 9.84. The normalized spacial score (nSPS) is 20.8. The summed E-state index contributed by atoms with van der Waals surface area (Å²) in [6.07, 6.45) is 8.89. The van der Waals surface area contributed by atoms with E-state index in [1.165, 1.54) is 42.5 Å². The largest absolute Gasteiger partial charge is 0.496 e. The first-order chi connectivity index (χ1) is 12.4. The number of hydrogen-bond donors (Lipinski definition) is 1. The molecule has 3 nitrogen and oxygen atoms in total. The molecule has 26 heavy (non-hydrogen) atoms. The number of ether oxygens (including phenoxy) is 2. The molecule has 0 saturated heterocycles. The van der Waals surface area contributed by atoms with Gasteiger partial charge in [-0.3, -0.25) is 0 Å². The van der Waals surface area contributed by atoms with Crippen molar-refractivity contribution in [1.29, 1.82) is 0 Å². The second-order valence-corrected chi connectivity index (χ2v) is 13.3. The average Bonchev–Trinajstić information content (AvgIpc) is 2.64. The molecule has 0 radical (unpaired) electrons. The summed E-state index contributed by atoms with van der Waals surface area (Å²) in [4.78, 5) is 0. The Morgan fingerprint density at radius 2 is 1.54 bits per heavy atom. The van der Waals surface area contributed by atoms with Crippen LogP contribution >= 0.6 is 0 Å². The summed E-state index contributed by atoms with van der Waals surface area (Å²) in [5.41, 5.74) is 1.21. The average molecular weight is 379 g/mol. The Kier molecular flexibility index (Phi) is 8.02. The summed E-state index contributed by atoms with van der Waals surface area (Å²) in [5.74, 6) is 2.39. The van der Waals surface area contributed by atoms with Crippen LogP contribution in [0.15, 0.2) is 12.1 Å². The summed E-state index contributed by atoms with van der Waals surface area (Å²) < 4.78 is 11.7. The second-order valence-electron chi connectivity index (χ2n) is 8.49. The zero-order chi connectivity index (χ0) is 19.2. The number of aliphatic hydroxyl groups excluding tert-OH is 1. The lowest BCUT2D eigenvalue weighted by molar-refractivity contribution is 0.121. The molecular weight excluding hydrogens is 340 g/mol. The van der Waals surface area contributed by atoms with E-state index in [0.29, 0.717) is 5.92 Å². The van der Waals surface area contributed by atoms with Gasteiger partial charge < -0.3 is 14.6 Å². The van der Waals surface area contributed by atoms with Crippen LogP contribution in [-0.4, -0.2) is 33.5 Å². The topological polar surface area (TPSA) is 38.7 Å². The maximum absolute atomic E-state index is 9.84. The standard InChI is InChI=1S/C22H38O3Si/c1-6-7-8-9-14-26(4,5)19-15-20(24-2)22(21(16-19)25-3)17-10-12-18(23)13-11-17/h15-18,23H,6-14H2,1-5H3. The molecule has 0 atom stereocenters. The van der Waals surface area contributed by atoms with E-state index in [1.807, 2.05) is 0 Å². The lowest BCUT2D eigenvalue weighted by Crippen LogP contribution is -2.41. The van der Waals surface area contributed by atoms with Gasteiger partial charge in [-0.25, -0.2) is 0 Å². The van der Waals surface area contributed by atoms with E-state index in [-0.39, 0.29) is 6.10 Å². The van der Waals surface area contributed by atoms with Crippen molar-refractivity contribution in [3.05, 3.63) is 17.7 Å². The van der Waals surface area contributed by atoms with Gasteiger partial charge in [0.25, 0.3) is 0 Å². The number of aliphatic hydroxyl groups is 1. The Morgan fingerprint density at radius 3 is 2.04 bits per heavy atom. The predicted molar refractivity (Wildman–Crippen MR) is 113 cm³/mol. The zero-order valence-electron chi connectivity index (χ0n) is 17.4. The van der Waals surface area contributed by atoms with Gasteiger partial charge in [0.2, 0.25) is 0 Å². The first kappa shape index (κ1) is 21.3. The Bertz CT molecular complexity index is 538. The molecule has 0 bridgehead atoms. The lowest BCUT2D eigenvalue weighted by Gasteiger charge is -2.30. The lowest BCUT2D eigenvalue weighted by atomic mass is 9.82. The van der Waals surface area contributed by atoms with Gasteiger partial charge in [-0.15, -0.1) is 0 Å². The molecule has 0 spiro atoms. The van der Waals surface area contributed by atoms with Crippen molar-refractivity contribution in [2.45, 2.75) is 89.5 Å². The van der Waals surface area contributed by atoms with Crippen molar-refractivity contribution in [2.24, 2.45) is 0 Å². The van der Waals surface area contributed by atoms with Gasteiger partial charge in [-0.1, -0.05) is 56.9 Å². The van der Waals surface area contributed by atoms with E-state index in [2.05, 4.69) is 32.2 Å². The van der Waals surface area contributed by atoms with Crippen LogP contribution in [0, 0.1) is 0 Å². The van der Waals surface area contributed by atoms with E-state index >= 15 is 0 Å². The summed E-state index contributed by atoms with van der Waals surface area (Å²) in [7, 11) is 2.04. The number of benzene rings is 1. The van der Waals surface area contributed by atoms with Crippen LogP contribution in [0.1, 0.15) is 69.8 Å². The van der Waals surface area contributed by atoms with Gasteiger partial charge in [0, 0.05) is 5.56 Å². The van der Waals surface area contributed by atoms with Crippen molar-refractivity contribution < 1.29 is 14.6 Å². The van der Waals surface area contributed by atoms with Gasteiger partial charge in [0.05, 0.1) is 28.4 Å². The first-order valence-corrected chi connectivity index (χ1v) is 13.6. The van der Waals surface area contributed by atoms with E-state index < -0.39 is 8.07 Å². The minimum atomic E-state index is -1.51. The molecule has 4 heteroatoms. The second kappa shape index (κ2) is 9.79. The van der Waals surface area contributed by atoms with Crippen molar-refractivity contribution in [3.63, 3.8) is 0 Å². The third kappa shape index (κ3) is 5.26. The molecule has 0 aromatic heterocycles. The van der Waals surface area contributed by atoms with Crippen LogP contribution in [0.5, 0.6) is 11.5 Å². The van der Waals surface area contributed by atoms with Crippen molar-refractivity contribution in [3.8, 4) is 11.5 Å². The summed E-state index contributed by atoms with van der Waals surface area (Å²) in [6, 6.07) is 5.89. The highest BCUT2D eigenvalue weighted by molar-refractivity contribution is 6.89. The molecule has 148 valence electrons. The Morgan fingerprint density at radius 1 is 0.962 bits per heavy atom. The molecule has 1 saturated carbocycles. The molecule has 1 N–H and O–H groups in total. The van der Waals surface area contributed by atoms with Crippen LogP contribution in [0.25, 0.3) is 0 Å². The fraction of sp³-hybridized carbons (Fsp3) is 0.727. The molecule has 0 aliphatic heterocycles. The molecule has 1 aliphatic carbocycles. The zero-order valence-corrected chi connectivity index (χ0v) is 18.4. The van der Waals surface area contributed by atoms with E-state index in [0.717, 1.165) is 37.2 Å². The molecule has 2 rings (SSSR count). The molecule has 1 aliphatic rings.